The molecule has 0 heterocycles. The van der Waals surface area contributed by atoms with Gasteiger partial charge in [-0.2, -0.15) is 0 Å². The summed E-state index contributed by atoms with van der Waals surface area (Å²) in [6.45, 7) is 20.7. The minimum atomic E-state index is -1.60. The molecule has 0 saturated heterocycles. The molecule has 0 radical (unpaired) electrons. The first kappa shape index (κ1) is 57.9. The first-order valence-corrected chi connectivity index (χ1v) is 24.3. The third-order valence-corrected chi connectivity index (χ3v) is 10.7. The highest BCUT2D eigenvalue weighted by Crippen LogP contribution is 2.44. The number of rotatable bonds is 22. The number of aliphatic carboxylic acids is 1. The molecule has 0 aliphatic heterocycles. The largest absolute Gasteiger partial charge is 0.488 e. The van der Waals surface area contributed by atoms with Crippen molar-refractivity contribution < 1.29 is 62.4 Å². The first-order valence-electron chi connectivity index (χ1n) is 24.3. The number of fused-ring (bicyclic) bond motifs is 3. The smallest absolute Gasteiger partial charge is 0.407 e. The van der Waals surface area contributed by atoms with Gasteiger partial charge in [-0.15, -0.1) is 0 Å². The monoisotopic (exact) mass is 1000 g/mol. The summed E-state index contributed by atoms with van der Waals surface area (Å²) >= 11 is 0. The lowest BCUT2D eigenvalue weighted by Gasteiger charge is -2.28. The van der Waals surface area contributed by atoms with Gasteiger partial charge in [0.2, 0.25) is 17.7 Å². The summed E-state index contributed by atoms with van der Waals surface area (Å²) in [4.78, 5) is 94.4. The van der Waals surface area contributed by atoms with Crippen LogP contribution in [-0.4, -0.2) is 113 Å². The number of ether oxygens (including phenoxy) is 5. The fourth-order valence-electron chi connectivity index (χ4n) is 7.60. The number of unbranched alkanes of at least 4 members (excludes halogenated alkanes) is 1. The van der Waals surface area contributed by atoms with E-state index in [1.165, 1.54) is 0 Å². The maximum absolute atomic E-state index is 14.5. The van der Waals surface area contributed by atoms with E-state index in [0.717, 1.165) is 22.3 Å². The minimum Gasteiger partial charge on any atom is -0.488 e. The lowest BCUT2D eigenvalue weighted by Crippen LogP contribution is -2.59. The molecule has 6 N–H and O–H groups in total. The number of esters is 1. The molecule has 18 nitrogen and oxygen atoms in total. The zero-order chi connectivity index (χ0) is 53.6. The Labute approximate surface area is 423 Å². The van der Waals surface area contributed by atoms with Crippen LogP contribution in [0.4, 0.5) is 9.59 Å². The van der Waals surface area contributed by atoms with E-state index in [1.807, 2.05) is 69.3 Å². The molecule has 4 atom stereocenters. The van der Waals surface area contributed by atoms with Gasteiger partial charge in [0.1, 0.15) is 53.3 Å². The quantitative estimate of drug-likeness (QED) is 0.0335. The van der Waals surface area contributed by atoms with Gasteiger partial charge in [-0.3, -0.25) is 19.2 Å². The predicted octanol–water partition coefficient (Wildman–Crippen LogP) is 7.09. The number of alkyl carbamates (subject to hydrolysis) is 2. The summed E-state index contributed by atoms with van der Waals surface area (Å²) in [5.41, 5.74) is 1.55. The number of nitrogens with one attached hydrogen (secondary N) is 5. The van der Waals surface area contributed by atoms with E-state index in [0.29, 0.717) is 24.2 Å². The van der Waals surface area contributed by atoms with Gasteiger partial charge in [0.15, 0.2) is 0 Å². The molecule has 1 aliphatic carbocycles. The van der Waals surface area contributed by atoms with Gasteiger partial charge in [0.25, 0.3) is 0 Å². The van der Waals surface area contributed by atoms with Crippen molar-refractivity contribution in [3.8, 4) is 16.9 Å². The summed E-state index contributed by atoms with van der Waals surface area (Å²) in [5, 5.41) is 23.1. The Morgan fingerprint density at radius 1 is 0.569 bits per heavy atom. The number of hydrogen-bond donors (Lipinski definition) is 6. The van der Waals surface area contributed by atoms with Crippen LogP contribution in [0.3, 0.4) is 0 Å². The SMILES string of the molecule is CC(C)(C)OCC(NC(=O)C(Cc1ccc(OC(C)(C)C)cc1)NC(=O)C(CC(=O)OC(C)(C)C)NC(=O)OCC1c2ccccc2-c2ccccc21)C(=O)NC(CCCCNC(=O)OC(C)(C)C)C(=O)O. The zero-order valence-electron chi connectivity index (χ0n) is 43.8. The second-order valence-corrected chi connectivity index (χ2v) is 21.7. The van der Waals surface area contributed by atoms with Crippen molar-refractivity contribution >= 4 is 41.8 Å². The van der Waals surface area contributed by atoms with Gasteiger partial charge in [-0.25, -0.2) is 14.4 Å². The standard InChI is InChI=1S/C54H75N5O13/c1-51(2,3)69-32-43(47(63)56-40(48(64)65)23-17-18-28-55-49(66)72-54(10,11)12)58-45(61)41(29-33-24-26-34(27-25-33)70-52(4,5)6)57-46(62)42(30-44(60)71-53(7,8)9)59-50(67)68-31-39-37-21-15-13-19-35(37)36-20-14-16-22-38(36)39/h13-16,19-22,24-27,39-43H,17-18,23,28-32H2,1-12H3,(H,55,66)(H,56,63)(H,57,62)(H,58,61)(H,59,67)(H,64,65). The Morgan fingerprint density at radius 2 is 1.10 bits per heavy atom. The number of carboxylic acid groups (broad SMARTS) is 1. The maximum Gasteiger partial charge on any atom is 0.407 e. The molecule has 4 unspecified atom stereocenters. The fraction of sp³-hybridized carbons (Fsp3) is 0.537. The Balaban J connectivity index is 1.59. The van der Waals surface area contributed by atoms with Crippen molar-refractivity contribution in [2.45, 2.75) is 168 Å². The van der Waals surface area contributed by atoms with Gasteiger partial charge in [-0.05, 0) is 142 Å². The van der Waals surface area contributed by atoms with E-state index in [4.69, 9.17) is 23.7 Å². The molecule has 1 aliphatic rings. The van der Waals surface area contributed by atoms with Crippen LogP contribution in [0, 0.1) is 0 Å². The van der Waals surface area contributed by atoms with Crippen LogP contribution < -0.4 is 31.3 Å². The van der Waals surface area contributed by atoms with E-state index in [9.17, 15) is 38.7 Å². The Morgan fingerprint density at radius 3 is 1.64 bits per heavy atom. The highest BCUT2D eigenvalue weighted by atomic mass is 16.6. The third-order valence-electron chi connectivity index (χ3n) is 10.7. The molecule has 5 amide bonds. The van der Waals surface area contributed by atoms with Gasteiger partial charge >= 0.3 is 24.1 Å². The lowest BCUT2D eigenvalue weighted by molar-refractivity contribution is -0.156. The van der Waals surface area contributed by atoms with Crippen LogP contribution in [-0.2, 0) is 49.3 Å². The minimum absolute atomic E-state index is 0.0127. The van der Waals surface area contributed by atoms with Crippen LogP contribution in [0.15, 0.2) is 72.8 Å². The van der Waals surface area contributed by atoms with Gasteiger partial charge in [0.05, 0.1) is 18.6 Å². The second-order valence-electron chi connectivity index (χ2n) is 21.7. The molecular formula is C54H75N5O13. The number of carboxylic acids is 1. The molecule has 0 bridgehead atoms. The van der Waals surface area contributed by atoms with Crippen molar-refractivity contribution in [3.05, 3.63) is 89.5 Å². The first-order chi connectivity index (χ1) is 33.5. The maximum atomic E-state index is 14.5. The topological polar surface area (TPSA) is 246 Å². The average molecular weight is 1000 g/mol. The third kappa shape index (κ3) is 19.8. The molecule has 0 fully saturated rings. The van der Waals surface area contributed by atoms with Crippen LogP contribution >= 0.6 is 0 Å². The van der Waals surface area contributed by atoms with Crippen LogP contribution in [0.1, 0.15) is 131 Å². The summed E-state index contributed by atoms with van der Waals surface area (Å²) in [6.07, 6.45) is -1.75. The molecule has 394 valence electrons. The van der Waals surface area contributed by atoms with E-state index in [2.05, 4.69) is 26.6 Å². The average Bonchev–Trinajstić information content (AvgIpc) is 3.57. The van der Waals surface area contributed by atoms with Crippen LogP contribution in [0.5, 0.6) is 5.75 Å². The fourth-order valence-corrected chi connectivity index (χ4v) is 7.60. The van der Waals surface area contributed by atoms with E-state index < -0.39 is 101 Å². The van der Waals surface area contributed by atoms with Crippen molar-refractivity contribution in [2.24, 2.45) is 0 Å². The lowest BCUT2D eigenvalue weighted by atomic mass is 9.98. The summed E-state index contributed by atoms with van der Waals surface area (Å²) in [5.74, 6) is -4.59. The predicted molar refractivity (Wildman–Crippen MR) is 270 cm³/mol. The Hall–Kier alpha value is -6.69. The molecule has 18 heteroatoms. The molecule has 0 saturated carbocycles. The highest BCUT2D eigenvalue weighted by Gasteiger charge is 2.35. The summed E-state index contributed by atoms with van der Waals surface area (Å²) < 4.78 is 28.4. The van der Waals surface area contributed by atoms with Crippen LogP contribution in [0.25, 0.3) is 11.1 Å². The van der Waals surface area contributed by atoms with Crippen molar-refractivity contribution in [2.75, 3.05) is 19.8 Å². The second kappa shape index (κ2) is 25.1. The van der Waals surface area contributed by atoms with Gasteiger partial charge in [0, 0.05) is 18.9 Å². The van der Waals surface area contributed by atoms with Crippen molar-refractivity contribution in [1.29, 1.82) is 0 Å². The summed E-state index contributed by atoms with van der Waals surface area (Å²) in [7, 11) is 0. The van der Waals surface area contributed by atoms with E-state index >= 15 is 0 Å². The van der Waals surface area contributed by atoms with Gasteiger partial charge < -0.3 is 55.4 Å². The molecular weight excluding hydrogens is 927 g/mol. The van der Waals surface area contributed by atoms with Crippen LogP contribution in [0.2, 0.25) is 0 Å². The van der Waals surface area contributed by atoms with E-state index in [-0.39, 0.29) is 31.9 Å². The highest BCUT2D eigenvalue weighted by molar-refractivity contribution is 5.96. The van der Waals surface area contributed by atoms with Gasteiger partial charge in [-0.1, -0.05) is 60.7 Å². The number of carbonyl (C=O) groups is 7. The van der Waals surface area contributed by atoms with Crippen molar-refractivity contribution in [1.82, 2.24) is 26.6 Å². The zero-order valence-corrected chi connectivity index (χ0v) is 43.8. The van der Waals surface area contributed by atoms with Crippen molar-refractivity contribution in [3.63, 3.8) is 0 Å². The number of amides is 5. The molecule has 3 aromatic carbocycles. The number of carbonyl (C=O) groups excluding carboxylic acids is 6. The Kier molecular flexibility index (Phi) is 20.2. The van der Waals surface area contributed by atoms with E-state index in [1.54, 1.807) is 86.6 Å². The molecule has 72 heavy (non-hydrogen) atoms. The summed E-state index contributed by atoms with van der Waals surface area (Å²) in [6, 6.07) is 16.5. The molecule has 0 spiro atoms. The number of hydrogen-bond acceptors (Lipinski definition) is 12. The Bertz CT molecular complexity index is 2310. The molecule has 0 aromatic heterocycles. The molecule has 4 rings (SSSR count). The normalized spacial score (nSPS) is 14.2. The molecule has 3 aromatic rings. The number of benzene rings is 3.